The molecule has 1 aromatic rings. The molecule has 1 saturated carbocycles. The summed E-state index contributed by atoms with van der Waals surface area (Å²) in [6.45, 7) is 1.25. The number of sulfonamides is 1. The van der Waals surface area contributed by atoms with E-state index in [1.165, 1.54) is 6.26 Å². The molecule has 1 heterocycles. The van der Waals surface area contributed by atoms with Crippen molar-refractivity contribution in [2.75, 3.05) is 19.3 Å². The van der Waals surface area contributed by atoms with E-state index in [9.17, 15) is 13.2 Å². The number of carbonyl (C=O) groups is 1. The summed E-state index contributed by atoms with van der Waals surface area (Å²) in [4.78, 5) is 15.2. The molecule has 0 radical (unpaired) electrons. The molecular weight excluding hydrogens is 324 g/mol. The second-order valence-corrected chi connectivity index (χ2v) is 8.89. The van der Waals surface area contributed by atoms with Gasteiger partial charge >= 0.3 is 0 Å². The predicted octanol–water partition coefficient (Wildman–Crippen LogP) is 2.04. The number of piperidine rings is 1. The maximum atomic E-state index is 13.3. The van der Waals surface area contributed by atoms with Crippen molar-refractivity contribution in [3.8, 4) is 0 Å². The maximum Gasteiger partial charge on any atom is 0.233 e. The van der Waals surface area contributed by atoms with Crippen LogP contribution in [0.4, 0.5) is 0 Å². The Morgan fingerprint density at radius 3 is 2.25 bits per heavy atom. The van der Waals surface area contributed by atoms with Gasteiger partial charge in [-0.05, 0) is 31.2 Å². The zero-order valence-corrected chi connectivity index (χ0v) is 15.0. The largest absolute Gasteiger partial charge is 0.342 e. The van der Waals surface area contributed by atoms with Crippen LogP contribution in [-0.2, 0) is 20.2 Å². The van der Waals surface area contributed by atoms with Crippen LogP contribution in [0.5, 0.6) is 0 Å². The van der Waals surface area contributed by atoms with Gasteiger partial charge in [0.1, 0.15) is 0 Å². The first-order chi connectivity index (χ1) is 11.4. The molecular formula is C18H26N2O3S. The molecule has 1 amide bonds. The lowest BCUT2D eigenvalue weighted by Crippen LogP contribution is -2.51. The van der Waals surface area contributed by atoms with Crippen LogP contribution in [0.3, 0.4) is 0 Å². The first-order valence-corrected chi connectivity index (χ1v) is 10.6. The average Bonchev–Trinajstić information content (AvgIpc) is 3.05. The Bertz CT molecular complexity index is 673. The summed E-state index contributed by atoms with van der Waals surface area (Å²) in [5.41, 5.74) is 0.752. The Labute approximate surface area is 144 Å². The van der Waals surface area contributed by atoms with E-state index >= 15 is 0 Å². The Balaban J connectivity index is 1.72. The molecule has 0 aromatic heterocycles. The minimum atomic E-state index is -3.19. The smallest absolute Gasteiger partial charge is 0.233 e. The number of likely N-dealkylation sites (tertiary alicyclic amines) is 1. The summed E-state index contributed by atoms with van der Waals surface area (Å²) in [6, 6.07) is 10.1. The summed E-state index contributed by atoms with van der Waals surface area (Å²) >= 11 is 0. The van der Waals surface area contributed by atoms with Crippen LogP contribution >= 0.6 is 0 Å². The van der Waals surface area contributed by atoms with Crippen molar-refractivity contribution < 1.29 is 13.2 Å². The van der Waals surface area contributed by atoms with Crippen LogP contribution in [-0.4, -0.2) is 44.6 Å². The van der Waals surface area contributed by atoms with E-state index < -0.39 is 10.0 Å². The normalized spacial score (nSPS) is 21.8. The van der Waals surface area contributed by atoms with Crippen molar-refractivity contribution in [3.05, 3.63) is 35.9 Å². The lowest BCUT2D eigenvalue weighted by atomic mass is 9.77. The molecule has 1 aliphatic heterocycles. The maximum absolute atomic E-state index is 13.3. The molecule has 6 heteroatoms. The van der Waals surface area contributed by atoms with E-state index in [4.69, 9.17) is 0 Å². The SMILES string of the molecule is CS(=O)(=O)NC1CCN(C(=O)C2(c3ccccc3)CCCC2)CC1. The number of hydrogen-bond acceptors (Lipinski definition) is 3. The number of carbonyl (C=O) groups excluding carboxylic acids is 1. The Morgan fingerprint density at radius 1 is 1.12 bits per heavy atom. The molecule has 0 spiro atoms. The molecule has 3 rings (SSSR count). The van der Waals surface area contributed by atoms with E-state index in [-0.39, 0.29) is 17.4 Å². The average molecular weight is 350 g/mol. The highest BCUT2D eigenvalue weighted by atomic mass is 32.2. The van der Waals surface area contributed by atoms with Gasteiger partial charge < -0.3 is 4.90 Å². The molecule has 24 heavy (non-hydrogen) atoms. The van der Waals surface area contributed by atoms with E-state index in [0.717, 1.165) is 31.2 Å². The summed E-state index contributed by atoms with van der Waals surface area (Å²) in [5, 5.41) is 0. The van der Waals surface area contributed by atoms with E-state index in [1.54, 1.807) is 0 Å². The Kier molecular flexibility index (Phi) is 4.97. The van der Waals surface area contributed by atoms with Gasteiger partial charge in [0, 0.05) is 19.1 Å². The van der Waals surface area contributed by atoms with E-state index in [1.807, 2.05) is 23.1 Å². The Morgan fingerprint density at radius 2 is 1.71 bits per heavy atom. The first kappa shape index (κ1) is 17.4. The van der Waals surface area contributed by atoms with Crippen LogP contribution in [0.1, 0.15) is 44.1 Å². The third-order valence-electron chi connectivity index (χ3n) is 5.36. The van der Waals surface area contributed by atoms with Gasteiger partial charge in [-0.25, -0.2) is 13.1 Å². The van der Waals surface area contributed by atoms with Crippen LogP contribution in [0.2, 0.25) is 0 Å². The third kappa shape index (κ3) is 3.64. The molecule has 0 atom stereocenters. The zero-order chi connectivity index (χ0) is 17.2. The highest BCUT2D eigenvalue weighted by Gasteiger charge is 2.45. The fourth-order valence-corrected chi connectivity index (χ4v) is 5.01. The van der Waals surface area contributed by atoms with Crippen molar-refractivity contribution >= 4 is 15.9 Å². The van der Waals surface area contributed by atoms with Gasteiger partial charge in [-0.1, -0.05) is 43.2 Å². The molecule has 0 unspecified atom stereocenters. The minimum absolute atomic E-state index is 0.0553. The van der Waals surface area contributed by atoms with Gasteiger partial charge in [-0.2, -0.15) is 0 Å². The van der Waals surface area contributed by atoms with Gasteiger partial charge in [0.25, 0.3) is 0 Å². The van der Waals surface area contributed by atoms with Gasteiger partial charge in [0.2, 0.25) is 15.9 Å². The molecule has 5 nitrogen and oxygen atoms in total. The van der Waals surface area contributed by atoms with E-state index in [2.05, 4.69) is 16.9 Å². The Hall–Kier alpha value is -1.40. The van der Waals surface area contributed by atoms with Crippen molar-refractivity contribution in [1.29, 1.82) is 0 Å². The molecule has 1 aromatic carbocycles. The standard InChI is InChI=1S/C18H26N2O3S/c1-24(22,23)19-16-9-13-20(14-10-16)17(21)18(11-5-6-12-18)15-7-3-2-4-8-15/h2-4,7-8,16,19H,5-6,9-14H2,1H3. The number of hydrogen-bond donors (Lipinski definition) is 1. The van der Waals surface area contributed by atoms with Crippen LogP contribution < -0.4 is 4.72 Å². The van der Waals surface area contributed by atoms with Crippen molar-refractivity contribution in [1.82, 2.24) is 9.62 Å². The van der Waals surface area contributed by atoms with Gasteiger partial charge in [-0.3, -0.25) is 4.79 Å². The quantitative estimate of drug-likeness (QED) is 0.904. The molecule has 1 aliphatic carbocycles. The lowest BCUT2D eigenvalue weighted by Gasteiger charge is -2.38. The third-order valence-corrected chi connectivity index (χ3v) is 6.12. The van der Waals surface area contributed by atoms with Crippen LogP contribution in [0, 0.1) is 0 Å². The highest BCUT2D eigenvalue weighted by molar-refractivity contribution is 7.88. The second-order valence-electron chi connectivity index (χ2n) is 7.11. The fraction of sp³-hybridized carbons (Fsp3) is 0.611. The minimum Gasteiger partial charge on any atom is -0.342 e. The van der Waals surface area contributed by atoms with Crippen molar-refractivity contribution in [3.63, 3.8) is 0 Å². The van der Waals surface area contributed by atoms with Crippen molar-refractivity contribution in [2.45, 2.75) is 50.0 Å². The summed E-state index contributed by atoms with van der Waals surface area (Å²) in [7, 11) is -3.19. The van der Waals surface area contributed by atoms with Gasteiger partial charge in [0.15, 0.2) is 0 Å². The van der Waals surface area contributed by atoms with Crippen LogP contribution in [0.25, 0.3) is 0 Å². The molecule has 2 fully saturated rings. The monoisotopic (exact) mass is 350 g/mol. The highest BCUT2D eigenvalue weighted by Crippen LogP contribution is 2.43. The zero-order valence-electron chi connectivity index (χ0n) is 14.2. The molecule has 0 bridgehead atoms. The van der Waals surface area contributed by atoms with Gasteiger partial charge in [0.05, 0.1) is 11.7 Å². The fourth-order valence-electron chi connectivity index (χ4n) is 4.17. The molecule has 132 valence electrons. The first-order valence-electron chi connectivity index (χ1n) is 8.73. The predicted molar refractivity (Wildman–Crippen MR) is 94.2 cm³/mol. The van der Waals surface area contributed by atoms with Gasteiger partial charge in [-0.15, -0.1) is 0 Å². The van der Waals surface area contributed by atoms with Crippen LogP contribution in [0.15, 0.2) is 30.3 Å². The van der Waals surface area contributed by atoms with E-state index in [0.29, 0.717) is 25.9 Å². The number of nitrogens with zero attached hydrogens (tertiary/aromatic N) is 1. The lowest BCUT2D eigenvalue weighted by molar-refractivity contribution is -0.138. The summed E-state index contributed by atoms with van der Waals surface area (Å²) in [6.07, 6.45) is 6.56. The summed E-state index contributed by atoms with van der Waals surface area (Å²) < 4.78 is 25.4. The summed E-state index contributed by atoms with van der Waals surface area (Å²) in [5.74, 6) is 0.226. The number of benzene rings is 1. The van der Waals surface area contributed by atoms with Crippen molar-refractivity contribution in [2.24, 2.45) is 0 Å². The topological polar surface area (TPSA) is 66.5 Å². The second kappa shape index (κ2) is 6.84. The number of amides is 1. The number of nitrogens with one attached hydrogen (secondary N) is 1. The molecule has 1 saturated heterocycles. The molecule has 2 aliphatic rings. The number of rotatable bonds is 4. The molecule has 1 N–H and O–H groups in total.